The van der Waals surface area contributed by atoms with Crippen LogP contribution >= 0.6 is 7.14 Å². The van der Waals surface area contributed by atoms with E-state index in [4.69, 9.17) is 0 Å². The van der Waals surface area contributed by atoms with Crippen molar-refractivity contribution in [3.05, 3.63) is 122 Å². The molecule has 0 N–H and O–H groups in total. The average molecular weight is 453 g/mol. The normalized spacial score (nSPS) is 16.5. The van der Waals surface area contributed by atoms with Gasteiger partial charge in [0, 0.05) is 39.3 Å². The third kappa shape index (κ3) is 2.52. The molecule has 1 unspecified atom stereocenters. The van der Waals surface area contributed by atoms with Crippen LogP contribution in [0.2, 0.25) is 0 Å². The fourth-order valence-corrected chi connectivity index (χ4v) is 8.61. The van der Waals surface area contributed by atoms with Crippen LogP contribution < -0.4 is 15.9 Å². The second-order valence-electron chi connectivity index (χ2n) is 8.70. The molecule has 0 spiro atoms. The van der Waals surface area contributed by atoms with Crippen LogP contribution in [0.15, 0.2) is 122 Å². The number of hydrogen-bond donors (Lipinski definition) is 0. The molecule has 1 atom stereocenters. The minimum atomic E-state index is -3.15. The lowest BCUT2D eigenvalue weighted by molar-refractivity contribution is 0.592. The van der Waals surface area contributed by atoms with Gasteiger partial charge in [-0.2, -0.15) is 0 Å². The minimum Gasteiger partial charge on any atom is -0.309 e. The average Bonchev–Trinajstić information content (AvgIpc) is 3.02. The Bertz CT molecular complexity index is 1680. The van der Waals surface area contributed by atoms with Crippen molar-refractivity contribution in [1.29, 1.82) is 0 Å². The maximum absolute atomic E-state index is 15.4. The minimum absolute atomic E-state index is 0.856. The molecule has 6 aromatic rings. The van der Waals surface area contributed by atoms with E-state index in [1.165, 1.54) is 10.8 Å². The number of pyridine rings is 1. The van der Waals surface area contributed by atoms with Gasteiger partial charge in [0.1, 0.15) is 0 Å². The highest BCUT2D eigenvalue weighted by Gasteiger charge is 2.38. The zero-order valence-electron chi connectivity index (χ0n) is 18.3. The van der Waals surface area contributed by atoms with E-state index < -0.39 is 7.14 Å². The smallest absolute Gasteiger partial charge is 0.172 e. The molecule has 0 fully saturated rings. The van der Waals surface area contributed by atoms with Gasteiger partial charge in [0.2, 0.25) is 0 Å². The summed E-state index contributed by atoms with van der Waals surface area (Å²) >= 11 is 0. The quantitative estimate of drug-likeness (QED) is 0.205. The SMILES string of the molecule is O=P1(c2ccccc2)c2ccccc2-c2c(c3cnccc3c3ccccc23)-c2ccccc21. The van der Waals surface area contributed by atoms with Gasteiger partial charge in [0.15, 0.2) is 7.14 Å². The Morgan fingerprint density at radius 1 is 0.500 bits per heavy atom. The predicted molar refractivity (Wildman–Crippen MR) is 143 cm³/mol. The van der Waals surface area contributed by atoms with E-state index in [0.717, 1.165) is 48.9 Å². The molecule has 1 aromatic heterocycles. The summed E-state index contributed by atoms with van der Waals surface area (Å²) in [4.78, 5) is 4.51. The molecule has 0 bridgehead atoms. The molecule has 5 aromatic carbocycles. The fourth-order valence-electron chi connectivity index (χ4n) is 5.56. The molecular weight excluding hydrogens is 433 g/mol. The monoisotopic (exact) mass is 453 g/mol. The summed E-state index contributed by atoms with van der Waals surface area (Å²) in [5.74, 6) is 0. The second kappa shape index (κ2) is 7.25. The van der Waals surface area contributed by atoms with Crippen molar-refractivity contribution in [3.63, 3.8) is 0 Å². The first-order valence-corrected chi connectivity index (χ1v) is 13.1. The summed E-state index contributed by atoms with van der Waals surface area (Å²) in [5, 5.41) is 7.22. The van der Waals surface area contributed by atoms with Crippen molar-refractivity contribution in [2.75, 3.05) is 0 Å². The van der Waals surface area contributed by atoms with Gasteiger partial charge in [-0.15, -0.1) is 0 Å². The van der Waals surface area contributed by atoms with Crippen LogP contribution in [-0.2, 0) is 4.57 Å². The van der Waals surface area contributed by atoms with Gasteiger partial charge in [-0.05, 0) is 38.9 Å². The number of rotatable bonds is 1. The Balaban J connectivity index is 1.80. The molecule has 34 heavy (non-hydrogen) atoms. The molecule has 160 valence electrons. The summed E-state index contributed by atoms with van der Waals surface area (Å²) in [6.45, 7) is 0. The third-order valence-corrected chi connectivity index (χ3v) is 10.1. The molecule has 1 aliphatic heterocycles. The highest BCUT2D eigenvalue weighted by Crippen LogP contribution is 2.54. The summed E-state index contributed by atoms with van der Waals surface area (Å²) in [6.07, 6.45) is 3.81. The zero-order valence-corrected chi connectivity index (χ0v) is 19.2. The maximum atomic E-state index is 15.4. The first kappa shape index (κ1) is 19.5. The molecule has 1 aliphatic rings. The predicted octanol–water partition coefficient (Wildman–Crippen LogP) is 6.67. The van der Waals surface area contributed by atoms with Crippen molar-refractivity contribution < 1.29 is 4.57 Å². The largest absolute Gasteiger partial charge is 0.309 e. The van der Waals surface area contributed by atoms with Crippen LogP contribution in [0.1, 0.15) is 0 Å². The molecule has 2 heterocycles. The first-order valence-electron chi connectivity index (χ1n) is 11.4. The second-order valence-corrected chi connectivity index (χ2v) is 11.4. The molecule has 0 saturated heterocycles. The Morgan fingerprint density at radius 3 is 1.74 bits per heavy atom. The Labute approximate surface area is 197 Å². The van der Waals surface area contributed by atoms with E-state index >= 15 is 4.57 Å². The zero-order chi connectivity index (χ0) is 22.7. The van der Waals surface area contributed by atoms with Gasteiger partial charge in [0.25, 0.3) is 0 Å². The van der Waals surface area contributed by atoms with E-state index in [9.17, 15) is 0 Å². The van der Waals surface area contributed by atoms with E-state index in [1.54, 1.807) is 0 Å². The molecule has 0 radical (unpaired) electrons. The number of aromatic nitrogens is 1. The molecule has 7 rings (SSSR count). The highest BCUT2D eigenvalue weighted by molar-refractivity contribution is 7.85. The van der Waals surface area contributed by atoms with Gasteiger partial charge in [-0.1, -0.05) is 103 Å². The Kier molecular flexibility index (Phi) is 4.15. The van der Waals surface area contributed by atoms with Crippen LogP contribution in [0.3, 0.4) is 0 Å². The first-order chi connectivity index (χ1) is 16.8. The summed E-state index contributed by atoms with van der Waals surface area (Å²) < 4.78 is 15.4. The van der Waals surface area contributed by atoms with E-state index in [1.807, 2.05) is 67.0 Å². The molecule has 0 aliphatic carbocycles. The molecule has 3 heteroatoms. The van der Waals surface area contributed by atoms with Gasteiger partial charge < -0.3 is 4.57 Å². The highest BCUT2D eigenvalue weighted by atomic mass is 31.2. The lowest BCUT2D eigenvalue weighted by Gasteiger charge is -2.22. The van der Waals surface area contributed by atoms with Crippen LogP contribution in [0.25, 0.3) is 43.8 Å². The van der Waals surface area contributed by atoms with Crippen LogP contribution in [-0.4, -0.2) is 4.98 Å². The van der Waals surface area contributed by atoms with Gasteiger partial charge in [-0.25, -0.2) is 0 Å². The Morgan fingerprint density at radius 2 is 1.03 bits per heavy atom. The van der Waals surface area contributed by atoms with Crippen LogP contribution in [0, 0.1) is 0 Å². The third-order valence-electron chi connectivity index (χ3n) is 6.97. The summed E-state index contributed by atoms with van der Waals surface area (Å²) in [7, 11) is -3.15. The van der Waals surface area contributed by atoms with E-state index in [2.05, 4.69) is 59.6 Å². The molecule has 2 nitrogen and oxygen atoms in total. The van der Waals surface area contributed by atoms with E-state index in [-0.39, 0.29) is 0 Å². The van der Waals surface area contributed by atoms with Crippen molar-refractivity contribution >= 4 is 44.6 Å². The topological polar surface area (TPSA) is 30.0 Å². The van der Waals surface area contributed by atoms with Gasteiger partial charge >= 0.3 is 0 Å². The lowest BCUT2D eigenvalue weighted by atomic mass is 9.86. The standard InChI is InChI=1S/C31H20NOP/c33-34(21-10-2-1-3-11-21)28-16-8-6-14-25(28)30-24-13-5-4-12-22(24)23-18-19-32-20-27(23)31(30)26-15-7-9-17-29(26)34/h1-20H. The number of benzene rings is 5. The molecular formula is C31H20NOP. The van der Waals surface area contributed by atoms with Crippen molar-refractivity contribution in [3.8, 4) is 22.3 Å². The van der Waals surface area contributed by atoms with Gasteiger partial charge in [0.05, 0.1) is 0 Å². The Hall–Kier alpha value is -4.00. The molecule has 0 amide bonds. The number of fused-ring (bicyclic) bond motifs is 10. The van der Waals surface area contributed by atoms with Crippen LogP contribution in [0.5, 0.6) is 0 Å². The van der Waals surface area contributed by atoms with Crippen molar-refractivity contribution in [1.82, 2.24) is 4.98 Å². The number of nitrogens with zero attached hydrogens (tertiary/aromatic N) is 1. The van der Waals surface area contributed by atoms with Crippen molar-refractivity contribution in [2.24, 2.45) is 0 Å². The summed E-state index contributed by atoms with van der Waals surface area (Å²) in [6, 6.07) is 37.0. The fraction of sp³-hybridized carbons (Fsp3) is 0. The van der Waals surface area contributed by atoms with Gasteiger partial charge in [-0.3, -0.25) is 4.98 Å². The maximum Gasteiger partial charge on any atom is 0.172 e. The molecule has 0 saturated carbocycles. The van der Waals surface area contributed by atoms with Crippen molar-refractivity contribution in [2.45, 2.75) is 0 Å². The van der Waals surface area contributed by atoms with Crippen LogP contribution in [0.4, 0.5) is 0 Å². The lowest BCUT2D eigenvalue weighted by Crippen LogP contribution is -2.26. The number of hydrogen-bond acceptors (Lipinski definition) is 2. The van der Waals surface area contributed by atoms with E-state index in [0.29, 0.717) is 0 Å². The summed E-state index contributed by atoms with van der Waals surface area (Å²) in [5.41, 5.74) is 4.29.